The molecule has 3 heterocycles. The molecule has 1 aromatic carbocycles. The lowest BCUT2D eigenvalue weighted by Crippen LogP contribution is -2.45. The van der Waals surface area contributed by atoms with Crippen molar-refractivity contribution in [3.05, 3.63) is 40.3 Å². The molecule has 2 aliphatic rings. The van der Waals surface area contributed by atoms with Gasteiger partial charge in [0.2, 0.25) is 0 Å². The Balaban J connectivity index is 1.79. The topological polar surface area (TPSA) is 107 Å². The summed E-state index contributed by atoms with van der Waals surface area (Å²) in [6.07, 6.45) is -2.01. The van der Waals surface area contributed by atoms with E-state index in [1.807, 2.05) is 0 Å². The fourth-order valence-electron chi connectivity index (χ4n) is 5.09. The molecule has 208 valence electrons. The second-order valence-corrected chi connectivity index (χ2v) is 10.6. The van der Waals surface area contributed by atoms with E-state index in [0.717, 1.165) is 0 Å². The number of ether oxygens (including phenoxy) is 3. The predicted molar refractivity (Wildman–Crippen MR) is 136 cm³/mol. The minimum Gasteiger partial charge on any atom is -0.444 e. The molecule has 2 N–H and O–H groups in total. The molecule has 2 bridgehead atoms. The van der Waals surface area contributed by atoms with E-state index in [0.29, 0.717) is 35.2 Å². The van der Waals surface area contributed by atoms with Gasteiger partial charge in [0.1, 0.15) is 22.9 Å². The number of fused-ring (bicyclic) bond motifs is 4. The summed E-state index contributed by atoms with van der Waals surface area (Å²) >= 11 is 0. The maximum absolute atomic E-state index is 16.0. The summed E-state index contributed by atoms with van der Waals surface area (Å²) in [4.78, 5) is 27.5. The molecule has 12 heteroatoms. The zero-order valence-electron chi connectivity index (χ0n) is 22.7. The van der Waals surface area contributed by atoms with Crippen LogP contribution < -0.4 is 10.6 Å². The molecule has 10 nitrogen and oxygen atoms in total. The molecule has 3 amide bonds. The van der Waals surface area contributed by atoms with Crippen molar-refractivity contribution in [2.45, 2.75) is 77.6 Å². The lowest BCUT2D eigenvalue weighted by Gasteiger charge is -2.37. The summed E-state index contributed by atoms with van der Waals surface area (Å²) in [5, 5.41) is 10.00. The summed E-state index contributed by atoms with van der Waals surface area (Å²) in [6, 6.07) is 1.24. The summed E-state index contributed by atoms with van der Waals surface area (Å²) < 4.78 is 47.6. The second-order valence-electron chi connectivity index (χ2n) is 10.6. The van der Waals surface area contributed by atoms with Crippen molar-refractivity contribution in [3.8, 4) is 5.69 Å². The molecule has 0 saturated carbocycles. The van der Waals surface area contributed by atoms with Gasteiger partial charge in [-0.1, -0.05) is 0 Å². The fraction of sp³-hybridized carbons (Fsp3) is 0.577. The van der Waals surface area contributed by atoms with Crippen molar-refractivity contribution in [1.29, 1.82) is 0 Å². The molecule has 4 rings (SSSR count). The lowest BCUT2D eigenvalue weighted by molar-refractivity contribution is -0.0970. The van der Waals surface area contributed by atoms with E-state index in [1.54, 1.807) is 46.8 Å². The summed E-state index contributed by atoms with van der Waals surface area (Å²) in [7, 11) is 2.89. The summed E-state index contributed by atoms with van der Waals surface area (Å²) in [5.74, 6) is -0.169. The van der Waals surface area contributed by atoms with Gasteiger partial charge in [0.05, 0.1) is 24.3 Å². The molecule has 2 aromatic rings. The number of aryl methyl sites for hydroxylation is 2. The Hall–Kier alpha value is -3.25. The molecule has 2 aliphatic heterocycles. The molecular weight excluding hydrogens is 500 g/mol. The van der Waals surface area contributed by atoms with E-state index >= 15 is 4.39 Å². The van der Waals surface area contributed by atoms with E-state index in [-0.39, 0.29) is 23.9 Å². The third-order valence-corrected chi connectivity index (χ3v) is 6.77. The number of urea groups is 1. The SMILES string of the molecule is COC(CNC(=O)Nc1c2c(nn1-c1cc(C)c(F)c(C)c1)[C@@H](F)C1CCC2N1C(=O)OC(C)(C)C)OC. The first kappa shape index (κ1) is 27.8. The quantitative estimate of drug-likeness (QED) is 0.513. The molecule has 38 heavy (non-hydrogen) atoms. The van der Waals surface area contributed by atoms with Crippen LogP contribution in [-0.2, 0) is 14.2 Å². The van der Waals surface area contributed by atoms with Crippen LogP contribution in [-0.4, -0.2) is 65.5 Å². The molecule has 0 spiro atoms. The van der Waals surface area contributed by atoms with Crippen LogP contribution in [0.4, 0.5) is 24.2 Å². The van der Waals surface area contributed by atoms with E-state index in [2.05, 4.69) is 15.7 Å². The Morgan fingerprint density at radius 3 is 2.37 bits per heavy atom. The number of rotatable bonds is 6. The fourth-order valence-corrected chi connectivity index (χ4v) is 5.09. The van der Waals surface area contributed by atoms with Gasteiger partial charge in [-0.25, -0.2) is 23.1 Å². The number of hydrogen-bond donors (Lipinski definition) is 2. The van der Waals surface area contributed by atoms with Gasteiger partial charge in [-0.15, -0.1) is 0 Å². The number of aromatic nitrogens is 2. The molecule has 1 fully saturated rings. The minimum absolute atomic E-state index is 0.0468. The van der Waals surface area contributed by atoms with Crippen LogP contribution in [0.2, 0.25) is 0 Å². The highest BCUT2D eigenvalue weighted by Crippen LogP contribution is 2.52. The van der Waals surface area contributed by atoms with Gasteiger partial charge in [0, 0.05) is 19.8 Å². The highest BCUT2D eigenvalue weighted by atomic mass is 19.1. The Morgan fingerprint density at radius 2 is 1.79 bits per heavy atom. The van der Waals surface area contributed by atoms with Crippen LogP contribution in [0.3, 0.4) is 0 Å². The number of carbonyl (C=O) groups excluding carboxylic acids is 2. The molecule has 3 atom stereocenters. The molecule has 2 unspecified atom stereocenters. The van der Waals surface area contributed by atoms with E-state index < -0.39 is 42.3 Å². The van der Waals surface area contributed by atoms with Gasteiger partial charge in [-0.3, -0.25) is 10.2 Å². The van der Waals surface area contributed by atoms with Crippen LogP contribution in [0.5, 0.6) is 0 Å². The third-order valence-electron chi connectivity index (χ3n) is 6.77. The largest absolute Gasteiger partial charge is 0.444 e. The van der Waals surface area contributed by atoms with Crippen molar-refractivity contribution in [2.75, 3.05) is 26.1 Å². The second kappa shape index (κ2) is 10.5. The van der Waals surface area contributed by atoms with Crippen LogP contribution in [0.1, 0.15) is 68.2 Å². The first-order chi connectivity index (χ1) is 17.9. The van der Waals surface area contributed by atoms with Gasteiger partial charge >= 0.3 is 12.1 Å². The van der Waals surface area contributed by atoms with Crippen molar-refractivity contribution in [2.24, 2.45) is 0 Å². The highest BCUT2D eigenvalue weighted by Gasteiger charge is 2.53. The van der Waals surface area contributed by atoms with Crippen LogP contribution >= 0.6 is 0 Å². The van der Waals surface area contributed by atoms with Crippen LogP contribution in [0, 0.1) is 19.7 Å². The van der Waals surface area contributed by atoms with E-state index in [9.17, 15) is 14.0 Å². The van der Waals surface area contributed by atoms with Crippen molar-refractivity contribution < 1.29 is 32.6 Å². The molecular formula is C26H35F2N5O5. The Kier molecular flexibility index (Phi) is 7.67. The first-order valence-corrected chi connectivity index (χ1v) is 12.5. The Bertz CT molecular complexity index is 1200. The first-order valence-electron chi connectivity index (χ1n) is 12.5. The van der Waals surface area contributed by atoms with Crippen molar-refractivity contribution in [1.82, 2.24) is 20.0 Å². The van der Waals surface area contributed by atoms with Crippen molar-refractivity contribution >= 4 is 17.9 Å². The predicted octanol–water partition coefficient (Wildman–Crippen LogP) is 4.83. The number of carbonyl (C=O) groups is 2. The van der Waals surface area contributed by atoms with Crippen LogP contribution in [0.25, 0.3) is 5.69 Å². The van der Waals surface area contributed by atoms with Gasteiger partial charge < -0.3 is 19.5 Å². The number of methoxy groups -OCH3 is 2. The smallest absolute Gasteiger partial charge is 0.411 e. The zero-order valence-corrected chi connectivity index (χ0v) is 22.7. The molecule has 1 aromatic heterocycles. The number of nitrogens with zero attached hydrogens (tertiary/aromatic N) is 3. The lowest BCUT2D eigenvalue weighted by atomic mass is 9.98. The van der Waals surface area contributed by atoms with Gasteiger partial charge in [0.25, 0.3) is 0 Å². The third kappa shape index (κ3) is 5.19. The number of anilines is 1. The van der Waals surface area contributed by atoms with Gasteiger partial charge in [-0.2, -0.15) is 5.10 Å². The Labute approximate surface area is 220 Å². The minimum atomic E-state index is -1.60. The average molecular weight is 536 g/mol. The monoisotopic (exact) mass is 535 g/mol. The number of benzene rings is 1. The number of halogens is 2. The number of hydrogen-bond acceptors (Lipinski definition) is 6. The summed E-state index contributed by atoms with van der Waals surface area (Å²) in [6.45, 7) is 8.53. The molecule has 1 saturated heterocycles. The normalized spacial score (nSPS) is 20.5. The number of amides is 3. The van der Waals surface area contributed by atoms with Gasteiger partial charge in [-0.05, 0) is 70.7 Å². The standard InChI is InChI=1S/C26H35F2N5O5/c1-13-10-15(11-14(2)20(13)27)33-23(30-24(34)29-12-18(36-6)37-7)19-16-8-9-17(21(28)22(19)31-33)32(16)25(35)38-26(3,4)5/h10-11,16-18,21H,8-9,12H2,1-7H3,(H2,29,30,34)/t16?,17?,21-/m0/s1. The van der Waals surface area contributed by atoms with Crippen LogP contribution in [0.15, 0.2) is 12.1 Å². The zero-order chi connectivity index (χ0) is 27.9. The number of alkyl halides is 1. The van der Waals surface area contributed by atoms with E-state index in [1.165, 1.54) is 23.8 Å². The van der Waals surface area contributed by atoms with Gasteiger partial charge in [0.15, 0.2) is 12.5 Å². The average Bonchev–Trinajstić information content (AvgIpc) is 3.40. The summed E-state index contributed by atoms with van der Waals surface area (Å²) in [5.41, 5.74) is 0.961. The molecule has 0 aliphatic carbocycles. The highest BCUT2D eigenvalue weighted by molar-refractivity contribution is 5.90. The maximum Gasteiger partial charge on any atom is 0.411 e. The number of nitrogens with one attached hydrogen (secondary N) is 2. The molecule has 0 radical (unpaired) electrons. The Morgan fingerprint density at radius 1 is 1.16 bits per heavy atom. The maximum atomic E-state index is 16.0. The van der Waals surface area contributed by atoms with Crippen molar-refractivity contribution in [3.63, 3.8) is 0 Å². The van der Waals surface area contributed by atoms with E-state index in [4.69, 9.17) is 14.2 Å².